The van der Waals surface area contributed by atoms with E-state index < -0.39 is 36.4 Å². The summed E-state index contributed by atoms with van der Waals surface area (Å²) in [6, 6.07) is 9.36. The lowest BCUT2D eigenvalue weighted by molar-refractivity contribution is -0.248. The molecule has 0 radical (unpaired) electrons. The van der Waals surface area contributed by atoms with Crippen LogP contribution in [-0.4, -0.2) is 75.9 Å². The Kier molecular flexibility index (Phi) is 7.57. The van der Waals surface area contributed by atoms with Gasteiger partial charge in [-0.05, 0) is 12.0 Å². The van der Waals surface area contributed by atoms with Crippen molar-refractivity contribution in [2.24, 2.45) is 5.92 Å². The van der Waals surface area contributed by atoms with E-state index in [4.69, 9.17) is 19.7 Å². The normalized spacial score (nSPS) is 30.7. The van der Waals surface area contributed by atoms with Gasteiger partial charge in [-0.3, -0.25) is 0 Å². The van der Waals surface area contributed by atoms with Crippen LogP contribution in [-0.2, 0) is 16.1 Å². The van der Waals surface area contributed by atoms with Gasteiger partial charge in [-0.2, -0.15) is 0 Å². The number of ether oxygens (including phenoxy) is 2. The molecule has 1 aromatic rings. The highest BCUT2D eigenvalue weighted by Crippen LogP contribution is 2.28. The zero-order chi connectivity index (χ0) is 17.5. The topological polar surface area (TPSA) is 120 Å². The minimum absolute atomic E-state index is 0.174. The highest BCUT2D eigenvalue weighted by atomic mass is 16.6. The van der Waals surface area contributed by atoms with Crippen molar-refractivity contribution in [2.45, 2.75) is 43.5 Å². The lowest BCUT2D eigenvalue weighted by Crippen LogP contribution is -2.59. The second-order valence-electron chi connectivity index (χ2n) is 6.10. The first-order chi connectivity index (χ1) is 11.6. The van der Waals surface area contributed by atoms with Crippen LogP contribution >= 0.6 is 0 Å². The van der Waals surface area contributed by atoms with E-state index in [1.807, 2.05) is 30.3 Å². The van der Waals surface area contributed by atoms with E-state index >= 15 is 0 Å². The molecule has 1 fully saturated rings. The van der Waals surface area contributed by atoms with E-state index in [2.05, 4.69) is 0 Å². The van der Waals surface area contributed by atoms with Crippen LogP contribution in [0.4, 0.5) is 0 Å². The molecule has 7 nitrogen and oxygen atoms in total. The molecule has 2 rings (SSSR count). The van der Waals surface area contributed by atoms with Gasteiger partial charge in [0.25, 0.3) is 0 Å². The lowest BCUT2D eigenvalue weighted by atomic mass is 9.90. The quantitative estimate of drug-likeness (QED) is 0.413. The van der Waals surface area contributed by atoms with Crippen molar-refractivity contribution in [3.8, 4) is 0 Å². The zero-order valence-electron chi connectivity index (χ0n) is 13.4. The fourth-order valence-corrected chi connectivity index (χ4v) is 2.87. The van der Waals surface area contributed by atoms with Gasteiger partial charge in [0.15, 0.2) is 0 Å². The second kappa shape index (κ2) is 9.43. The Labute approximate surface area is 141 Å². The Morgan fingerprint density at radius 1 is 0.958 bits per heavy atom. The van der Waals surface area contributed by atoms with Crippen LogP contribution in [0.15, 0.2) is 30.3 Å². The molecule has 24 heavy (non-hydrogen) atoms. The third-order valence-electron chi connectivity index (χ3n) is 4.33. The summed E-state index contributed by atoms with van der Waals surface area (Å²) >= 11 is 0. The smallest absolute Gasteiger partial charge is 0.115 e. The monoisotopic (exact) mass is 342 g/mol. The third kappa shape index (κ3) is 4.73. The van der Waals surface area contributed by atoms with Crippen LogP contribution in [0.2, 0.25) is 0 Å². The number of aliphatic hydroxyl groups excluding tert-OH is 5. The lowest BCUT2D eigenvalue weighted by Gasteiger charge is -2.43. The van der Waals surface area contributed by atoms with E-state index in [1.54, 1.807) is 0 Å². The molecule has 0 unspecified atom stereocenters. The molecule has 1 aliphatic rings. The molecule has 0 saturated carbocycles. The van der Waals surface area contributed by atoms with Gasteiger partial charge in [-0.15, -0.1) is 0 Å². The van der Waals surface area contributed by atoms with Crippen LogP contribution in [0, 0.1) is 5.92 Å². The molecule has 5 atom stereocenters. The Morgan fingerprint density at radius 2 is 1.62 bits per heavy atom. The summed E-state index contributed by atoms with van der Waals surface area (Å²) in [5.41, 5.74) is 0.902. The van der Waals surface area contributed by atoms with Gasteiger partial charge in [0.05, 0.1) is 19.3 Å². The number of rotatable bonds is 8. The average Bonchev–Trinajstić information content (AvgIpc) is 2.62. The molecule has 0 aliphatic carbocycles. The Morgan fingerprint density at radius 3 is 2.21 bits per heavy atom. The summed E-state index contributed by atoms with van der Waals surface area (Å²) in [7, 11) is 0. The highest BCUT2D eigenvalue weighted by molar-refractivity contribution is 5.13. The number of benzene rings is 1. The molecule has 0 bridgehead atoms. The van der Waals surface area contributed by atoms with Crippen molar-refractivity contribution < 1.29 is 35.0 Å². The largest absolute Gasteiger partial charge is 0.396 e. The summed E-state index contributed by atoms with van der Waals surface area (Å²) in [6.45, 7) is -0.661. The van der Waals surface area contributed by atoms with Gasteiger partial charge in [-0.25, -0.2) is 0 Å². The standard InChI is InChI=1S/C17H26O7/c18-7-12(8-19)6-13-15(21)16(22)17(14(9-20)24-13)23-10-11-4-2-1-3-5-11/h1-5,12-22H,6-10H2/t13-,14+,15-,16+,17+/m0/s1. The first-order valence-electron chi connectivity index (χ1n) is 8.10. The highest BCUT2D eigenvalue weighted by Gasteiger charge is 2.45. The van der Waals surface area contributed by atoms with Crippen molar-refractivity contribution in [3.63, 3.8) is 0 Å². The zero-order valence-corrected chi connectivity index (χ0v) is 13.4. The van der Waals surface area contributed by atoms with E-state index in [9.17, 15) is 15.3 Å². The molecule has 1 aromatic carbocycles. The summed E-state index contributed by atoms with van der Waals surface area (Å²) in [4.78, 5) is 0. The fraction of sp³-hybridized carbons (Fsp3) is 0.647. The van der Waals surface area contributed by atoms with Crippen LogP contribution in [0.1, 0.15) is 12.0 Å². The van der Waals surface area contributed by atoms with Crippen LogP contribution in [0.3, 0.4) is 0 Å². The molecule has 7 heteroatoms. The minimum Gasteiger partial charge on any atom is -0.396 e. The molecular weight excluding hydrogens is 316 g/mol. The second-order valence-corrected chi connectivity index (χ2v) is 6.10. The molecule has 1 heterocycles. The fourth-order valence-electron chi connectivity index (χ4n) is 2.87. The first-order valence-corrected chi connectivity index (χ1v) is 8.10. The minimum atomic E-state index is -1.23. The average molecular weight is 342 g/mol. The maximum atomic E-state index is 10.4. The van der Waals surface area contributed by atoms with Gasteiger partial charge in [0.2, 0.25) is 0 Å². The molecule has 0 spiro atoms. The summed E-state index contributed by atoms with van der Waals surface area (Å²) in [5, 5.41) is 48.5. The summed E-state index contributed by atoms with van der Waals surface area (Å²) < 4.78 is 11.3. The van der Waals surface area contributed by atoms with Gasteiger partial charge < -0.3 is 35.0 Å². The molecule has 1 aliphatic heterocycles. The van der Waals surface area contributed by atoms with Gasteiger partial charge in [0.1, 0.15) is 24.4 Å². The Hall–Kier alpha value is -1.06. The van der Waals surface area contributed by atoms with Crippen LogP contribution in [0.25, 0.3) is 0 Å². The van der Waals surface area contributed by atoms with Crippen molar-refractivity contribution in [3.05, 3.63) is 35.9 Å². The molecule has 0 aromatic heterocycles. The summed E-state index contributed by atoms with van der Waals surface area (Å²) in [6.07, 6.45) is -4.75. The van der Waals surface area contributed by atoms with Gasteiger partial charge in [-0.1, -0.05) is 30.3 Å². The van der Waals surface area contributed by atoms with Crippen LogP contribution in [0.5, 0.6) is 0 Å². The maximum Gasteiger partial charge on any atom is 0.115 e. The van der Waals surface area contributed by atoms with Crippen molar-refractivity contribution in [1.82, 2.24) is 0 Å². The third-order valence-corrected chi connectivity index (χ3v) is 4.33. The van der Waals surface area contributed by atoms with E-state index in [0.29, 0.717) is 0 Å². The first kappa shape index (κ1) is 19.3. The Balaban J connectivity index is 2.00. The van der Waals surface area contributed by atoms with Crippen molar-refractivity contribution in [1.29, 1.82) is 0 Å². The van der Waals surface area contributed by atoms with E-state index in [-0.39, 0.29) is 32.8 Å². The molecule has 0 amide bonds. The summed E-state index contributed by atoms with van der Waals surface area (Å²) in [5.74, 6) is -0.460. The Bertz CT molecular complexity index is 463. The van der Waals surface area contributed by atoms with Crippen molar-refractivity contribution in [2.75, 3.05) is 19.8 Å². The number of hydrogen-bond acceptors (Lipinski definition) is 7. The predicted octanol–water partition coefficient (Wildman–Crippen LogP) is -0.956. The van der Waals surface area contributed by atoms with Crippen molar-refractivity contribution >= 4 is 0 Å². The van der Waals surface area contributed by atoms with E-state index in [1.165, 1.54) is 0 Å². The maximum absolute atomic E-state index is 10.4. The number of aliphatic hydroxyl groups is 5. The van der Waals surface area contributed by atoms with E-state index in [0.717, 1.165) is 5.56 Å². The number of hydrogen-bond donors (Lipinski definition) is 5. The predicted molar refractivity (Wildman–Crippen MR) is 85.1 cm³/mol. The molecule has 136 valence electrons. The molecule has 5 N–H and O–H groups in total. The molecule has 1 saturated heterocycles. The van der Waals surface area contributed by atoms with Gasteiger partial charge in [0, 0.05) is 19.1 Å². The van der Waals surface area contributed by atoms with Gasteiger partial charge >= 0.3 is 0 Å². The SMILES string of the molecule is OCC(CO)C[C@@H]1O[C@H](CO)[C@@H](OCc2ccccc2)[C@H](O)[C@H]1O. The van der Waals surface area contributed by atoms with Crippen LogP contribution < -0.4 is 0 Å². The molecular formula is C17H26O7.